The maximum Gasteiger partial charge on any atom is 0.238 e. The minimum absolute atomic E-state index is 0.00196. The van der Waals surface area contributed by atoms with Crippen molar-refractivity contribution in [1.82, 2.24) is 5.32 Å². The van der Waals surface area contributed by atoms with Gasteiger partial charge in [0.2, 0.25) is 15.9 Å². The summed E-state index contributed by atoms with van der Waals surface area (Å²) in [5.41, 5.74) is 3.83. The Morgan fingerprint density at radius 2 is 1.82 bits per heavy atom. The fourth-order valence-electron chi connectivity index (χ4n) is 3.47. The molecule has 0 aromatic heterocycles. The van der Waals surface area contributed by atoms with Crippen LogP contribution in [0.3, 0.4) is 0 Å². The highest BCUT2D eigenvalue weighted by Gasteiger charge is 2.17. The first-order valence-electron chi connectivity index (χ1n) is 9.31. The molecule has 148 valence electrons. The molecule has 0 saturated heterocycles. The molecular formula is C21H24N2O4S. The third-order valence-corrected chi connectivity index (χ3v) is 5.97. The third kappa shape index (κ3) is 4.85. The summed E-state index contributed by atoms with van der Waals surface area (Å²) >= 11 is 0. The molecule has 0 spiro atoms. The van der Waals surface area contributed by atoms with Crippen LogP contribution in [-0.2, 0) is 27.7 Å². The Balaban J connectivity index is 1.56. The molecule has 2 aromatic carbocycles. The Kier molecular flexibility index (Phi) is 5.96. The molecule has 1 atom stereocenters. The van der Waals surface area contributed by atoms with Crippen LogP contribution in [0.25, 0.3) is 0 Å². The molecule has 0 saturated carbocycles. The number of hydrogen-bond acceptors (Lipinski definition) is 4. The molecule has 1 unspecified atom stereocenters. The molecule has 0 fully saturated rings. The van der Waals surface area contributed by atoms with E-state index < -0.39 is 16.1 Å². The number of sulfonamides is 1. The van der Waals surface area contributed by atoms with Crippen molar-refractivity contribution < 1.29 is 18.0 Å². The maximum absolute atomic E-state index is 12.4. The number of Topliss-reactive ketones (excluding diaryl/α,β-unsaturated/α-hetero) is 1. The second kappa shape index (κ2) is 8.24. The van der Waals surface area contributed by atoms with Crippen molar-refractivity contribution in [3.05, 3.63) is 64.7 Å². The SMILES string of the molecule is CC(NC(=O)CCC(=O)c1ccc2c(c1)CCC2)c1cccc(S(N)(=O)=O)c1. The van der Waals surface area contributed by atoms with Crippen LogP contribution in [0, 0.1) is 0 Å². The summed E-state index contributed by atoms with van der Waals surface area (Å²) in [7, 11) is -3.80. The van der Waals surface area contributed by atoms with E-state index in [1.54, 1.807) is 19.1 Å². The molecule has 28 heavy (non-hydrogen) atoms. The van der Waals surface area contributed by atoms with E-state index in [1.165, 1.54) is 23.3 Å². The standard InChI is InChI=1S/C21H24N2O4S/c1-14(16-5-3-7-19(13-16)28(22,26)27)23-21(25)11-10-20(24)18-9-8-15-4-2-6-17(15)12-18/h3,5,7-9,12-14H,2,4,6,10-11H2,1H3,(H,23,25)(H2,22,26,27). The van der Waals surface area contributed by atoms with Crippen molar-refractivity contribution in [2.75, 3.05) is 0 Å². The van der Waals surface area contributed by atoms with Crippen LogP contribution in [0.4, 0.5) is 0 Å². The first-order valence-corrected chi connectivity index (χ1v) is 10.9. The number of benzene rings is 2. The van der Waals surface area contributed by atoms with Gasteiger partial charge in [-0.1, -0.05) is 24.3 Å². The number of rotatable bonds is 7. The predicted molar refractivity (Wildman–Crippen MR) is 106 cm³/mol. The maximum atomic E-state index is 12.4. The zero-order chi connectivity index (χ0) is 20.3. The van der Waals surface area contributed by atoms with Crippen molar-refractivity contribution in [3.8, 4) is 0 Å². The Hall–Kier alpha value is -2.51. The quantitative estimate of drug-likeness (QED) is 0.697. The summed E-state index contributed by atoms with van der Waals surface area (Å²) in [5.74, 6) is -0.309. The minimum atomic E-state index is -3.80. The number of amides is 1. The number of aryl methyl sites for hydroxylation is 2. The molecule has 1 aliphatic rings. The van der Waals surface area contributed by atoms with Crippen LogP contribution < -0.4 is 10.5 Å². The van der Waals surface area contributed by atoms with E-state index in [4.69, 9.17) is 5.14 Å². The molecule has 0 radical (unpaired) electrons. The van der Waals surface area contributed by atoms with Gasteiger partial charge in [-0.3, -0.25) is 9.59 Å². The Bertz CT molecular complexity index is 1010. The van der Waals surface area contributed by atoms with Gasteiger partial charge in [-0.25, -0.2) is 13.6 Å². The molecule has 3 N–H and O–H groups in total. The number of carbonyl (C=O) groups is 2. The van der Waals surface area contributed by atoms with Gasteiger partial charge >= 0.3 is 0 Å². The van der Waals surface area contributed by atoms with Gasteiger partial charge in [0.05, 0.1) is 10.9 Å². The van der Waals surface area contributed by atoms with Gasteiger partial charge in [0.15, 0.2) is 5.78 Å². The van der Waals surface area contributed by atoms with Crippen LogP contribution in [0.15, 0.2) is 47.4 Å². The molecule has 0 heterocycles. The number of carbonyl (C=O) groups excluding carboxylic acids is 2. The average molecular weight is 401 g/mol. The lowest BCUT2D eigenvalue weighted by atomic mass is 10.0. The summed E-state index contributed by atoms with van der Waals surface area (Å²) in [5, 5.41) is 7.94. The van der Waals surface area contributed by atoms with Crippen molar-refractivity contribution in [2.24, 2.45) is 5.14 Å². The molecule has 0 bridgehead atoms. The van der Waals surface area contributed by atoms with Crippen LogP contribution >= 0.6 is 0 Å². The Morgan fingerprint density at radius 3 is 2.57 bits per heavy atom. The number of nitrogens with one attached hydrogen (secondary N) is 1. The number of fused-ring (bicyclic) bond motifs is 1. The second-order valence-electron chi connectivity index (χ2n) is 7.17. The monoisotopic (exact) mass is 400 g/mol. The van der Waals surface area contributed by atoms with Crippen LogP contribution in [-0.4, -0.2) is 20.1 Å². The van der Waals surface area contributed by atoms with Gasteiger partial charge in [-0.2, -0.15) is 0 Å². The first-order chi connectivity index (χ1) is 13.2. The van der Waals surface area contributed by atoms with Crippen LogP contribution in [0.5, 0.6) is 0 Å². The van der Waals surface area contributed by atoms with Gasteiger partial charge < -0.3 is 5.32 Å². The van der Waals surface area contributed by atoms with Crippen LogP contribution in [0.2, 0.25) is 0 Å². The summed E-state index contributed by atoms with van der Waals surface area (Å²) in [6.07, 6.45) is 3.41. The average Bonchev–Trinajstić information content (AvgIpc) is 3.13. The lowest BCUT2D eigenvalue weighted by Crippen LogP contribution is -2.27. The minimum Gasteiger partial charge on any atom is -0.350 e. The largest absolute Gasteiger partial charge is 0.350 e. The fourth-order valence-corrected chi connectivity index (χ4v) is 4.04. The summed E-state index contributed by atoms with van der Waals surface area (Å²) in [6, 6.07) is 11.5. The molecule has 0 aliphatic heterocycles. The number of hydrogen-bond donors (Lipinski definition) is 2. The highest BCUT2D eigenvalue weighted by molar-refractivity contribution is 7.89. The van der Waals surface area contributed by atoms with Crippen molar-refractivity contribution in [1.29, 1.82) is 0 Å². The molecule has 1 amide bonds. The van der Waals surface area contributed by atoms with Gasteiger partial charge in [0.1, 0.15) is 0 Å². The highest BCUT2D eigenvalue weighted by atomic mass is 32.2. The summed E-state index contributed by atoms with van der Waals surface area (Å²) < 4.78 is 22.9. The number of nitrogens with two attached hydrogens (primary N) is 1. The number of primary sulfonamides is 1. The predicted octanol–water partition coefficient (Wildman–Crippen LogP) is 2.66. The fraction of sp³-hybridized carbons (Fsp3) is 0.333. The van der Waals surface area contributed by atoms with Crippen LogP contribution in [0.1, 0.15) is 59.3 Å². The molecule has 6 nitrogen and oxygen atoms in total. The van der Waals surface area contributed by atoms with Gasteiger partial charge in [0, 0.05) is 18.4 Å². The smallest absolute Gasteiger partial charge is 0.238 e. The zero-order valence-corrected chi connectivity index (χ0v) is 16.6. The lowest BCUT2D eigenvalue weighted by Gasteiger charge is -2.15. The number of ketones is 1. The highest BCUT2D eigenvalue weighted by Crippen LogP contribution is 2.23. The Morgan fingerprint density at radius 1 is 1.07 bits per heavy atom. The van der Waals surface area contributed by atoms with Gasteiger partial charge in [0.25, 0.3) is 0 Å². The van der Waals surface area contributed by atoms with Crippen molar-refractivity contribution in [3.63, 3.8) is 0 Å². The molecule has 3 rings (SSSR count). The van der Waals surface area contributed by atoms with E-state index in [1.807, 2.05) is 18.2 Å². The lowest BCUT2D eigenvalue weighted by molar-refractivity contribution is -0.121. The molecule has 2 aromatic rings. The van der Waals surface area contributed by atoms with Gasteiger partial charge in [-0.05, 0) is 61.1 Å². The molecule has 1 aliphatic carbocycles. The van der Waals surface area contributed by atoms with E-state index in [0.29, 0.717) is 11.1 Å². The third-order valence-electron chi connectivity index (χ3n) is 5.06. The summed E-state index contributed by atoms with van der Waals surface area (Å²) in [6.45, 7) is 1.75. The normalized spacial score (nSPS) is 14.4. The molecule has 7 heteroatoms. The van der Waals surface area contributed by atoms with Gasteiger partial charge in [-0.15, -0.1) is 0 Å². The van der Waals surface area contributed by atoms with E-state index in [2.05, 4.69) is 5.32 Å². The second-order valence-corrected chi connectivity index (χ2v) is 8.73. The van der Waals surface area contributed by atoms with E-state index >= 15 is 0 Å². The topological polar surface area (TPSA) is 106 Å². The van der Waals surface area contributed by atoms with Crippen molar-refractivity contribution >= 4 is 21.7 Å². The van der Waals surface area contributed by atoms with E-state index in [-0.39, 0.29) is 29.4 Å². The first kappa shape index (κ1) is 20.2. The zero-order valence-electron chi connectivity index (χ0n) is 15.8. The van der Waals surface area contributed by atoms with Crippen molar-refractivity contribution in [2.45, 2.75) is 50.0 Å². The molecular weight excluding hydrogens is 376 g/mol. The Labute approximate surface area is 165 Å². The van der Waals surface area contributed by atoms with E-state index in [0.717, 1.165) is 19.3 Å². The van der Waals surface area contributed by atoms with E-state index in [9.17, 15) is 18.0 Å². The summed E-state index contributed by atoms with van der Waals surface area (Å²) in [4.78, 5) is 24.6.